The highest BCUT2D eigenvalue weighted by Gasteiger charge is 2.17. The van der Waals surface area contributed by atoms with Crippen molar-refractivity contribution in [2.75, 3.05) is 13.2 Å². The number of fused-ring (bicyclic) bond motifs is 1. The van der Waals surface area contributed by atoms with E-state index in [1.165, 1.54) is 0 Å². The molecule has 0 aromatic carbocycles. The Balaban J connectivity index is 2.49. The minimum absolute atomic E-state index is 0.558. The molecule has 0 amide bonds. The molecule has 0 fully saturated rings. The number of hydrogen-bond donors (Lipinski definition) is 0. The van der Waals surface area contributed by atoms with Crippen molar-refractivity contribution in [3.8, 4) is 6.07 Å². The summed E-state index contributed by atoms with van der Waals surface area (Å²) in [6, 6.07) is 2.12. The average molecular weight is 177 g/mol. The van der Waals surface area contributed by atoms with Gasteiger partial charge in [-0.2, -0.15) is 10.4 Å². The molecule has 0 aliphatic carbocycles. The van der Waals surface area contributed by atoms with E-state index in [2.05, 4.69) is 11.2 Å². The highest BCUT2D eigenvalue weighted by atomic mass is 16.5. The maximum absolute atomic E-state index is 8.83. The number of hydrogen-bond acceptors (Lipinski definition) is 3. The average Bonchev–Trinajstić information content (AvgIpc) is 2.38. The van der Waals surface area contributed by atoms with Crippen LogP contribution in [0.2, 0.25) is 0 Å². The van der Waals surface area contributed by atoms with Crippen molar-refractivity contribution in [2.45, 2.75) is 12.8 Å². The molecule has 0 saturated heterocycles. The lowest BCUT2D eigenvalue weighted by molar-refractivity contribution is 0.145. The zero-order valence-electron chi connectivity index (χ0n) is 7.58. The fourth-order valence-electron chi connectivity index (χ4n) is 1.71. The molecule has 0 spiro atoms. The van der Waals surface area contributed by atoms with Gasteiger partial charge in [0.15, 0.2) is 5.69 Å². The Kier molecular flexibility index (Phi) is 2.03. The Morgan fingerprint density at radius 1 is 1.46 bits per heavy atom. The van der Waals surface area contributed by atoms with Gasteiger partial charge in [-0.05, 0) is 0 Å². The summed E-state index contributed by atoms with van der Waals surface area (Å²) in [5, 5.41) is 13.0. The Labute approximate surface area is 76.7 Å². The second-order valence-electron chi connectivity index (χ2n) is 3.12. The van der Waals surface area contributed by atoms with Gasteiger partial charge in [0.25, 0.3) is 0 Å². The van der Waals surface area contributed by atoms with Crippen molar-refractivity contribution in [3.63, 3.8) is 0 Å². The molecule has 0 radical (unpaired) electrons. The SMILES string of the molecule is Cn1nc(C#N)c2c1CCOCC2. The second kappa shape index (κ2) is 3.19. The zero-order valence-corrected chi connectivity index (χ0v) is 7.58. The summed E-state index contributed by atoms with van der Waals surface area (Å²) in [7, 11) is 1.88. The lowest BCUT2D eigenvalue weighted by Gasteiger charge is -1.98. The Morgan fingerprint density at radius 2 is 2.23 bits per heavy atom. The van der Waals surface area contributed by atoms with Crippen molar-refractivity contribution in [2.24, 2.45) is 7.05 Å². The molecule has 0 N–H and O–H groups in total. The molecule has 0 unspecified atom stereocenters. The summed E-state index contributed by atoms with van der Waals surface area (Å²) >= 11 is 0. The molecule has 2 heterocycles. The van der Waals surface area contributed by atoms with E-state index in [1.807, 2.05) is 7.05 Å². The number of nitrogens with zero attached hydrogens (tertiary/aromatic N) is 3. The smallest absolute Gasteiger partial charge is 0.166 e. The number of rotatable bonds is 0. The van der Waals surface area contributed by atoms with Crippen LogP contribution in [0.15, 0.2) is 0 Å². The lowest BCUT2D eigenvalue weighted by atomic mass is 10.1. The fourth-order valence-corrected chi connectivity index (χ4v) is 1.71. The van der Waals surface area contributed by atoms with Crippen LogP contribution in [0.4, 0.5) is 0 Å². The molecular formula is C9H11N3O. The van der Waals surface area contributed by atoms with Gasteiger partial charge in [0.05, 0.1) is 13.2 Å². The van der Waals surface area contributed by atoms with Crippen molar-refractivity contribution in [1.29, 1.82) is 5.26 Å². The normalized spacial score (nSPS) is 16.0. The van der Waals surface area contributed by atoms with E-state index in [9.17, 15) is 0 Å². The topological polar surface area (TPSA) is 50.8 Å². The molecule has 1 aromatic heterocycles. The van der Waals surface area contributed by atoms with E-state index in [4.69, 9.17) is 10.00 Å². The van der Waals surface area contributed by atoms with Gasteiger partial charge in [-0.1, -0.05) is 0 Å². The predicted octanol–water partition coefficient (Wildman–Crippen LogP) is 0.407. The maximum Gasteiger partial charge on any atom is 0.166 e. The quantitative estimate of drug-likeness (QED) is 0.576. The maximum atomic E-state index is 8.83. The minimum Gasteiger partial charge on any atom is -0.381 e. The van der Waals surface area contributed by atoms with E-state index in [0.29, 0.717) is 12.3 Å². The third-order valence-corrected chi connectivity index (χ3v) is 2.36. The first-order valence-corrected chi connectivity index (χ1v) is 4.35. The number of nitriles is 1. The highest BCUT2D eigenvalue weighted by Crippen LogP contribution is 2.17. The van der Waals surface area contributed by atoms with Crippen molar-refractivity contribution in [1.82, 2.24) is 9.78 Å². The van der Waals surface area contributed by atoms with Crippen LogP contribution >= 0.6 is 0 Å². The van der Waals surface area contributed by atoms with Crippen LogP contribution in [0.3, 0.4) is 0 Å². The van der Waals surface area contributed by atoms with Crippen LogP contribution in [0, 0.1) is 11.3 Å². The van der Waals surface area contributed by atoms with Crippen molar-refractivity contribution >= 4 is 0 Å². The summed E-state index contributed by atoms with van der Waals surface area (Å²) in [5.74, 6) is 0. The summed E-state index contributed by atoms with van der Waals surface area (Å²) in [6.07, 6.45) is 1.67. The molecule has 2 rings (SSSR count). The summed E-state index contributed by atoms with van der Waals surface area (Å²) in [6.45, 7) is 1.44. The van der Waals surface area contributed by atoms with Crippen LogP contribution in [-0.4, -0.2) is 23.0 Å². The third kappa shape index (κ3) is 1.31. The van der Waals surface area contributed by atoms with Crippen LogP contribution < -0.4 is 0 Å². The molecule has 1 aliphatic heterocycles. The summed E-state index contributed by atoms with van der Waals surface area (Å²) in [4.78, 5) is 0. The lowest BCUT2D eigenvalue weighted by Crippen LogP contribution is -2.02. The van der Waals surface area contributed by atoms with Gasteiger partial charge in [-0.3, -0.25) is 4.68 Å². The summed E-state index contributed by atoms with van der Waals surface area (Å²) in [5.41, 5.74) is 2.78. The molecular weight excluding hydrogens is 166 g/mol. The van der Waals surface area contributed by atoms with Gasteiger partial charge in [0, 0.05) is 31.1 Å². The van der Waals surface area contributed by atoms with E-state index in [0.717, 1.165) is 30.7 Å². The molecule has 4 nitrogen and oxygen atoms in total. The minimum atomic E-state index is 0.558. The standard InChI is InChI=1S/C9H11N3O/c1-12-9-3-5-13-4-2-7(9)8(6-10)11-12/h2-5H2,1H3. The van der Waals surface area contributed by atoms with Gasteiger partial charge in [0.2, 0.25) is 0 Å². The van der Waals surface area contributed by atoms with E-state index in [1.54, 1.807) is 4.68 Å². The largest absolute Gasteiger partial charge is 0.381 e. The zero-order chi connectivity index (χ0) is 9.26. The Bertz CT molecular complexity index is 362. The molecule has 4 heteroatoms. The number of ether oxygens (including phenoxy) is 1. The number of aromatic nitrogens is 2. The van der Waals surface area contributed by atoms with Crippen LogP contribution in [0.25, 0.3) is 0 Å². The molecule has 13 heavy (non-hydrogen) atoms. The molecule has 0 saturated carbocycles. The molecule has 1 aromatic rings. The second-order valence-corrected chi connectivity index (χ2v) is 3.12. The van der Waals surface area contributed by atoms with E-state index >= 15 is 0 Å². The van der Waals surface area contributed by atoms with Gasteiger partial charge in [0.1, 0.15) is 6.07 Å². The number of aryl methyl sites for hydroxylation is 1. The van der Waals surface area contributed by atoms with Gasteiger partial charge >= 0.3 is 0 Å². The monoisotopic (exact) mass is 177 g/mol. The van der Waals surface area contributed by atoms with Gasteiger partial charge < -0.3 is 4.74 Å². The van der Waals surface area contributed by atoms with Crippen molar-refractivity contribution in [3.05, 3.63) is 17.0 Å². The van der Waals surface area contributed by atoms with Crippen LogP contribution in [0.5, 0.6) is 0 Å². The van der Waals surface area contributed by atoms with E-state index in [-0.39, 0.29) is 0 Å². The molecule has 1 aliphatic rings. The van der Waals surface area contributed by atoms with Crippen LogP contribution in [-0.2, 0) is 24.6 Å². The molecule has 0 bridgehead atoms. The molecule has 68 valence electrons. The van der Waals surface area contributed by atoms with E-state index < -0.39 is 0 Å². The highest BCUT2D eigenvalue weighted by molar-refractivity contribution is 5.35. The van der Waals surface area contributed by atoms with Crippen molar-refractivity contribution < 1.29 is 4.74 Å². The predicted molar refractivity (Wildman–Crippen MR) is 46.2 cm³/mol. The van der Waals surface area contributed by atoms with Crippen LogP contribution in [0.1, 0.15) is 17.0 Å². The van der Waals surface area contributed by atoms with Gasteiger partial charge in [-0.25, -0.2) is 0 Å². The Hall–Kier alpha value is -1.34. The first-order chi connectivity index (χ1) is 6.33. The van der Waals surface area contributed by atoms with Gasteiger partial charge in [-0.15, -0.1) is 0 Å². The summed E-state index contributed by atoms with van der Waals surface area (Å²) < 4.78 is 7.13. The first kappa shape index (κ1) is 8.27. The third-order valence-electron chi connectivity index (χ3n) is 2.36. The first-order valence-electron chi connectivity index (χ1n) is 4.35. The Morgan fingerprint density at radius 3 is 3.00 bits per heavy atom. The fraction of sp³-hybridized carbons (Fsp3) is 0.556. The molecule has 0 atom stereocenters.